The van der Waals surface area contributed by atoms with Crippen LogP contribution in [0.5, 0.6) is 0 Å². The van der Waals surface area contributed by atoms with Crippen molar-refractivity contribution in [1.82, 2.24) is 0 Å². The van der Waals surface area contributed by atoms with Crippen LogP contribution in [-0.2, 0) is 14.3 Å². The highest BCUT2D eigenvalue weighted by Crippen LogP contribution is 2.60. The molecular weight excluding hydrogens is 370 g/mol. The maximum atomic E-state index is 12.7. The lowest BCUT2D eigenvalue weighted by Crippen LogP contribution is -2.40. The van der Waals surface area contributed by atoms with Gasteiger partial charge in [-0.2, -0.15) is 0 Å². The first-order valence-corrected chi connectivity index (χ1v) is 8.68. The number of benzene rings is 1. The lowest BCUT2D eigenvalue weighted by atomic mass is 9.79. The summed E-state index contributed by atoms with van der Waals surface area (Å²) in [4.78, 5) is 24.8. The molecular formula is C16H15BrClNO3. The number of alkyl halides is 1. The lowest BCUT2D eigenvalue weighted by molar-refractivity contribution is -0.145. The van der Waals surface area contributed by atoms with Crippen LogP contribution in [0, 0.1) is 30.6 Å². The zero-order chi connectivity index (χ0) is 15.6. The molecule has 6 atom stereocenters. The summed E-state index contributed by atoms with van der Waals surface area (Å²) in [6, 6.07) is 5.43. The zero-order valence-electron chi connectivity index (χ0n) is 11.9. The summed E-state index contributed by atoms with van der Waals surface area (Å²) in [5.74, 6) is -0.599. The van der Waals surface area contributed by atoms with Crippen LogP contribution in [-0.4, -0.2) is 22.8 Å². The number of hydrogen-bond donors (Lipinski definition) is 1. The maximum Gasteiger partial charge on any atom is 0.310 e. The van der Waals surface area contributed by atoms with E-state index in [0.29, 0.717) is 10.7 Å². The molecule has 0 radical (unpaired) electrons. The van der Waals surface area contributed by atoms with E-state index in [0.717, 1.165) is 12.0 Å². The van der Waals surface area contributed by atoms with Gasteiger partial charge < -0.3 is 10.1 Å². The molecule has 1 aromatic carbocycles. The van der Waals surface area contributed by atoms with Gasteiger partial charge in [-0.3, -0.25) is 9.59 Å². The molecule has 1 aromatic rings. The molecule has 3 aliphatic rings. The first-order valence-electron chi connectivity index (χ1n) is 7.39. The average Bonchev–Trinajstić information content (AvgIpc) is 3.07. The highest BCUT2D eigenvalue weighted by molar-refractivity contribution is 9.09. The number of ether oxygens (including phenoxy) is 1. The molecule has 1 amide bonds. The Bertz CT molecular complexity index is 679. The molecule has 2 aliphatic carbocycles. The molecule has 6 heteroatoms. The van der Waals surface area contributed by atoms with E-state index < -0.39 is 0 Å². The minimum atomic E-state index is -0.319. The SMILES string of the molecule is Cc1ccc(NC(=O)[C@H]2[C@H]3C[C@H]4[C@H](OC(=O)[C@@H]42)[C@@H]3Br)cc1Cl. The Hall–Kier alpha value is -1.07. The van der Waals surface area contributed by atoms with Crippen LogP contribution in [0.15, 0.2) is 18.2 Å². The smallest absolute Gasteiger partial charge is 0.310 e. The van der Waals surface area contributed by atoms with E-state index in [1.165, 1.54) is 0 Å². The number of anilines is 1. The minimum Gasteiger partial charge on any atom is -0.461 e. The highest BCUT2D eigenvalue weighted by atomic mass is 79.9. The second kappa shape index (κ2) is 4.96. The third kappa shape index (κ3) is 1.95. The van der Waals surface area contributed by atoms with E-state index in [9.17, 15) is 9.59 Å². The Morgan fingerprint density at radius 2 is 2.18 bits per heavy atom. The van der Waals surface area contributed by atoms with E-state index in [4.69, 9.17) is 16.3 Å². The summed E-state index contributed by atoms with van der Waals surface area (Å²) in [7, 11) is 0. The monoisotopic (exact) mass is 383 g/mol. The number of halogens is 2. The number of carbonyl (C=O) groups excluding carboxylic acids is 2. The third-order valence-electron chi connectivity index (χ3n) is 5.27. The van der Waals surface area contributed by atoms with Gasteiger partial charge in [0.25, 0.3) is 0 Å². The largest absolute Gasteiger partial charge is 0.461 e. The van der Waals surface area contributed by atoms with Crippen molar-refractivity contribution < 1.29 is 14.3 Å². The maximum absolute atomic E-state index is 12.7. The van der Waals surface area contributed by atoms with Crippen molar-refractivity contribution in [3.63, 3.8) is 0 Å². The molecule has 2 bridgehead atoms. The second-order valence-electron chi connectivity index (χ2n) is 6.41. The van der Waals surface area contributed by atoms with Crippen LogP contribution < -0.4 is 5.32 Å². The molecule has 3 fully saturated rings. The Morgan fingerprint density at radius 3 is 2.91 bits per heavy atom. The van der Waals surface area contributed by atoms with Crippen molar-refractivity contribution in [2.24, 2.45) is 23.7 Å². The number of fused-ring (bicyclic) bond motifs is 1. The van der Waals surface area contributed by atoms with E-state index in [2.05, 4.69) is 21.2 Å². The Morgan fingerprint density at radius 1 is 1.41 bits per heavy atom. The molecule has 1 heterocycles. The predicted octanol–water partition coefficient (Wildman–Crippen LogP) is 3.16. The molecule has 0 aromatic heterocycles. The molecule has 0 unspecified atom stereocenters. The van der Waals surface area contributed by atoms with Crippen molar-refractivity contribution in [1.29, 1.82) is 0 Å². The first-order chi connectivity index (χ1) is 10.5. The van der Waals surface area contributed by atoms with Crippen LogP contribution in [0.1, 0.15) is 12.0 Å². The normalized spacial score (nSPS) is 38.2. The van der Waals surface area contributed by atoms with E-state index in [-0.39, 0.29) is 46.5 Å². The second-order valence-corrected chi connectivity index (χ2v) is 7.88. The van der Waals surface area contributed by atoms with E-state index in [1.807, 2.05) is 19.1 Å². The van der Waals surface area contributed by atoms with Crippen LogP contribution in [0.2, 0.25) is 5.02 Å². The van der Waals surface area contributed by atoms with Crippen LogP contribution in [0.25, 0.3) is 0 Å². The van der Waals surface area contributed by atoms with Gasteiger partial charge in [0.15, 0.2) is 0 Å². The van der Waals surface area contributed by atoms with Crippen molar-refractivity contribution in [3.8, 4) is 0 Å². The fourth-order valence-corrected chi connectivity index (χ4v) is 5.45. The molecule has 1 N–H and O–H groups in total. The van der Waals surface area contributed by atoms with Crippen LogP contribution in [0.4, 0.5) is 5.69 Å². The number of aryl methyl sites for hydroxylation is 1. The molecule has 2 saturated carbocycles. The van der Waals surface area contributed by atoms with E-state index >= 15 is 0 Å². The van der Waals surface area contributed by atoms with Crippen molar-refractivity contribution >= 4 is 45.1 Å². The lowest BCUT2D eigenvalue weighted by Gasteiger charge is -2.27. The van der Waals surface area contributed by atoms with Gasteiger partial charge in [-0.05, 0) is 37.0 Å². The summed E-state index contributed by atoms with van der Waals surface area (Å²) < 4.78 is 5.43. The quantitative estimate of drug-likeness (QED) is 0.629. The number of amides is 1. The number of carbonyl (C=O) groups is 2. The van der Waals surface area contributed by atoms with Crippen molar-refractivity contribution in [2.75, 3.05) is 5.32 Å². The van der Waals surface area contributed by atoms with Crippen LogP contribution >= 0.6 is 27.5 Å². The molecule has 1 saturated heterocycles. The summed E-state index contributed by atoms with van der Waals surface area (Å²) in [5, 5.41) is 3.52. The predicted molar refractivity (Wildman–Crippen MR) is 86.0 cm³/mol. The van der Waals surface area contributed by atoms with Gasteiger partial charge >= 0.3 is 5.97 Å². The Labute approximate surface area is 141 Å². The summed E-state index contributed by atoms with van der Waals surface area (Å²) in [6.07, 6.45) is 0.823. The van der Waals surface area contributed by atoms with Gasteiger partial charge in [-0.1, -0.05) is 33.6 Å². The Balaban J connectivity index is 1.58. The summed E-state index contributed by atoms with van der Waals surface area (Å²) in [6.45, 7) is 1.91. The van der Waals surface area contributed by atoms with Crippen molar-refractivity contribution in [3.05, 3.63) is 28.8 Å². The van der Waals surface area contributed by atoms with Gasteiger partial charge in [0, 0.05) is 16.6 Å². The summed E-state index contributed by atoms with van der Waals surface area (Å²) >= 11 is 9.71. The van der Waals surface area contributed by atoms with E-state index in [1.54, 1.807) is 6.07 Å². The van der Waals surface area contributed by atoms with Gasteiger partial charge in [0.2, 0.25) is 5.91 Å². The minimum absolute atomic E-state index is 0.0552. The van der Waals surface area contributed by atoms with Crippen LogP contribution in [0.3, 0.4) is 0 Å². The molecule has 1 aliphatic heterocycles. The number of esters is 1. The molecule has 22 heavy (non-hydrogen) atoms. The zero-order valence-corrected chi connectivity index (χ0v) is 14.2. The average molecular weight is 385 g/mol. The molecule has 4 rings (SSSR count). The van der Waals surface area contributed by atoms with Crippen molar-refractivity contribution in [2.45, 2.75) is 24.3 Å². The van der Waals surface area contributed by atoms with Gasteiger partial charge in [-0.25, -0.2) is 0 Å². The Kier molecular flexibility index (Phi) is 3.28. The van der Waals surface area contributed by atoms with Gasteiger partial charge in [0.1, 0.15) is 6.10 Å². The number of rotatable bonds is 2. The molecule has 4 nitrogen and oxygen atoms in total. The fraction of sp³-hybridized carbons (Fsp3) is 0.500. The standard InChI is InChI=1S/C16H15BrClNO3/c1-6-2-3-7(4-10(6)18)19-15(20)11-8-5-9-12(11)16(21)22-14(9)13(8)17/h2-4,8-9,11-14H,5H2,1H3,(H,19,20)/t8-,9-,11+,12+,13-,14+/m1/s1. The summed E-state index contributed by atoms with van der Waals surface area (Å²) in [5.41, 5.74) is 1.62. The number of nitrogens with one attached hydrogen (secondary N) is 1. The van der Waals surface area contributed by atoms with Gasteiger partial charge in [-0.15, -0.1) is 0 Å². The molecule has 0 spiro atoms. The third-order valence-corrected chi connectivity index (χ3v) is 6.87. The highest BCUT2D eigenvalue weighted by Gasteiger charge is 2.67. The first kappa shape index (κ1) is 14.5. The number of hydrogen-bond acceptors (Lipinski definition) is 3. The fourth-order valence-electron chi connectivity index (χ4n) is 4.23. The molecule has 116 valence electrons. The topological polar surface area (TPSA) is 55.4 Å². The van der Waals surface area contributed by atoms with Gasteiger partial charge in [0.05, 0.1) is 16.7 Å².